The lowest BCUT2D eigenvalue weighted by atomic mass is 9.96. The summed E-state index contributed by atoms with van der Waals surface area (Å²) in [7, 11) is 0. The van der Waals surface area contributed by atoms with Crippen molar-refractivity contribution >= 4 is 49.5 Å². The van der Waals surface area contributed by atoms with E-state index in [-0.39, 0.29) is 5.91 Å². The molecule has 5 atom stereocenters. The smallest absolute Gasteiger partial charge is 0.252 e. The zero-order chi connectivity index (χ0) is 23.3. The van der Waals surface area contributed by atoms with Gasteiger partial charge in [0.25, 0.3) is 5.91 Å². The van der Waals surface area contributed by atoms with Gasteiger partial charge in [-0.25, -0.2) is 0 Å². The fourth-order valence-electron chi connectivity index (χ4n) is 5.86. The van der Waals surface area contributed by atoms with Crippen LogP contribution in [0, 0.1) is 0 Å². The lowest BCUT2D eigenvalue weighted by Crippen LogP contribution is -2.54. The number of ether oxygens (including phenoxy) is 1. The first-order chi connectivity index (χ1) is 16.5. The van der Waals surface area contributed by atoms with Crippen LogP contribution in [0.2, 0.25) is 0 Å². The minimum atomic E-state index is -1.37. The number of nitrogens with one attached hydrogen (secondary N) is 2. The van der Waals surface area contributed by atoms with Crippen molar-refractivity contribution in [3.63, 3.8) is 0 Å². The second kappa shape index (κ2) is 6.80. The molecule has 0 saturated carbocycles. The molecule has 7 rings (SSSR count). The average molecular weight is 457 g/mol. The Labute approximate surface area is 193 Å². The molecule has 1 amide bonds. The number of amides is 1. The summed E-state index contributed by atoms with van der Waals surface area (Å²) in [6.07, 6.45) is -5.61. The predicted octanol–water partition coefficient (Wildman–Crippen LogP) is 2.67. The third-order valence-corrected chi connectivity index (χ3v) is 7.44. The standard InChI is InChI=1S/C26H23N3O5/c1-11-22(30)23(31)24(32)26(34-11)29-16-9-5-3-7-13(16)18-19-14(10-27-25(19)33)17-12-6-2-4-8-15(12)28-20(17)21(18)29/h2-9,11,22-24,26,28,30-32H,10H2,1H3,(H,27,33)/t11-,22-,23+,24-,26+/m0/s1. The molecule has 0 spiro atoms. The van der Waals surface area contributed by atoms with Crippen LogP contribution in [0.1, 0.15) is 29.1 Å². The summed E-state index contributed by atoms with van der Waals surface area (Å²) in [6.45, 7) is 2.11. The number of hydrogen-bond acceptors (Lipinski definition) is 5. The van der Waals surface area contributed by atoms with Crippen molar-refractivity contribution in [2.75, 3.05) is 0 Å². The van der Waals surface area contributed by atoms with E-state index >= 15 is 0 Å². The first-order valence-corrected chi connectivity index (χ1v) is 11.4. The Hall–Kier alpha value is -3.43. The minimum Gasteiger partial charge on any atom is -0.388 e. The van der Waals surface area contributed by atoms with Gasteiger partial charge >= 0.3 is 0 Å². The lowest BCUT2D eigenvalue weighted by molar-refractivity contribution is -0.238. The minimum absolute atomic E-state index is 0.135. The molecule has 1 saturated heterocycles. The van der Waals surface area contributed by atoms with E-state index in [0.717, 1.165) is 49.2 Å². The highest BCUT2D eigenvalue weighted by molar-refractivity contribution is 6.30. The average Bonchev–Trinajstić information content (AvgIpc) is 3.51. The molecule has 2 aromatic heterocycles. The highest BCUT2D eigenvalue weighted by atomic mass is 16.5. The summed E-state index contributed by atoms with van der Waals surface area (Å²) in [4.78, 5) is 16.7. The summed E-state index contributed by atoms with van der Waals surface area (Å²) in [6, 6.07) is 15.6. The zero-order valence-electron chi connectivity index (χ0n) is 18.3. The summed E-state index contributed by atoms with van der Waals surface area (Å²) in [5.74, 6) is -0.135. The van der Waals surface area contributed by atoms with Crippen LogP contribution in [0.25, 0.3) is 43.6 Å². The van der Waals surface area contributed by atoms with Crippen LogP contribution in [0.4, 0.5) is 0 Å². The molecule has 0 bridgehead atoms. The first-order valence-electron chi connectivity index (χ1n) is 11.4. The molecular weight excluding hydrogens is 434 g/mol. The molecule has 2 aliphatic heterocycles. The van der Waals surface area contributed by atoms with Gasteiger partial charge in [-0.3, -0.25) is 4.79 Å². The monoisotopic (exact) mass is 457 g/mol. The van der Waals surface area contributed by atoms with Crippen LogP contribution in [0.5, 0.6) is 0 Å². The molecule has 1 fully saturated rings. The van der Waals surface area contributed by atoms with E-state index in [9.17, 15) is 20.1 Å². The Morgan fingerprint density at radius 2 is 1.68 bits per heavy atom. The molecule has 8 heteroatoms. The number of aromatic nitrogens is 2. The normalized spacial score (nSPS) is 27.2. The van der Waals surface area contributed by atoms with E-state index in [1.165, 1.54) is 0 Å². The molecule has 5 N–H and O–H groups in total. The largest absolute Gasteiger partial charge is 0.388 e. The number of aliphatic hydroxyl groups is 3. The number of aliphatic hydroxyl groups excluding tert-OH is 3. The second-order valence-corrected chi connectivity index (χ2v) is 9.27. The van der Waals surface area contributed by atoms with Crippen LogP contribution in [0.3, 0.4) is 0 Å². The summed E-state index contributed by atoms with van der Waals surface area (Å²) in [5, 5.41) is 38.5. The number of rotatable bonds is 1. The number of para-hydroxylation sites is 2. The Morgan fingerprint density at radius 3 is 2.50 bits per heavy atom. The third kappa shape index (κ3) is 2.38. The number of aromatic amines is 1. The van der Waals surface area contributed by atoms with Gasteiger partial charge in [-0.2, -0.15) is 0 Å². The van der Waals surface area contributed by atoms with Crippen molar-refractivity contribution in [1.29, 1.82) is 0 Å². The number of carbonyl (C=O) groups excluding carboxylic acids is 1. The molecular formula is C26H23N3O5. The predicted molar refractivity (Wildman–Crippen MR) is 128 cm³/mol. The summed E-state index contributed by atoms with van der Waals surface area (Å²) >= 11 is 0. The van der Waals surface area contributed by atoms with E-state index in [4.69, 9.17) is 4.74 Å². The van der Waals surface area contributed by atoms with Gasteiger partial charge in [0.15, 0.2) is 6.23 Å². The topological polar surface area (TPSA) is 120 Å². The summed E-state index contributed by atoms with van der Waals surface area (Å²) in [5.41, 5.74) is 4.85. The maximum absolute atomic E-state index is 13.1. The van der Waals surface area contributed by atoms with E-state index in [1.54, 1.807) is 6.92 Å². The van der Waals surface area contributed by atoms with Crippen molar-refractivity contribution in [2.24, 2.45) is 0 Å². The van der Waals surface area contributed by atoms with Crippen molar-refractivity contribution in [3.05, 3.63) is 59.7 Å². The van der Waals surface area contributed by atoms with Crippen molar-refractivity contribution in [3.8, 4) is 0 Å². The van der Waals surface area contributed by atoms with E-state index in [0.29, 0.717) is 12.1 Å². The van der Waals surface area contributed by atoms with Gasteiger partial charge in [0.1, 0.15) is 18.3 Å². The number of nitrogens with zero attached hydrogens (tertiary/aromatic N) is 1. The fraction of sp³-hybridized carbons (Fsp3) is 0.269. The Bertz CT molecular complexity index is 1650. The van der Waals surface area contributed by atoms with Gasteiger partial charge in [0.2, 0.25) is 0 Å². The van der Waals surface area contributed by atoms with Crippen molar-refractivity contribution in [1.82, 2.24) is 14.9 Å². The van der Waals surface area contributed by atoms with Crippen LogP contribution in [0.15, 0.2) is 48.5 Å². The molecule has 172 valence electrons. The highest BCUT2D eigenvalue weighted by Crippen LogP contribution is 2.45. The molecule has 0 radical (unpaired) electrons. The fourth-order valence-corrected chi connectivity index (χ4v) is 5.86. The molecule has 0 unspecified atom stereocenters. The molecule has 3 aromatic carbocycles. The number of hydrogen-bond donors (Lipinski definition) is 5. The Kier molecular flexibility index (Phi) is 4.00. The Balaban J connectivity index is 1.70. The molecule has 8 nitrogen and oxygen atoms in total. The number of H-pyrrole nitrogens is 1. The number of benzene rings is 3. The quantitative estimate of drug-likeness (QED) is 0.265. The molecule has 0 aliphatic carbocycles. The van der Waals surface area contributed by atoms with Gasteiger partial charge in [-0.15, -0.1) is 0 Å². The maximum Gasteiger partial charge on any atom is 0.252 e. The van der Waals surface area contributed by atoms with E-state index < -0.39 is 30.6 Å². The molecule has 34 heavy (non-hydrogen) atoms. The molecule has 2 aliphatic rings. The SMILES string of the molecule is C[C@@H]1O[C@@H](n2c3ccccc3c3c4c(c5c6ccccc6[nH]c5c32)CNC4=O)[C@@H](O)[C@H](O)[C@H]1O. The lowest BCUT2D eigenvalue weighted by Gasteiger charge is -2.40. The second-order valence-electron chi connectivity index (χ2n) is 9.27. The number of carbonyl (C=O) groups is 1. The Morgan fingerprint density at radius 1 is 0.941 bits per heavy atom. The number of fused-ring (bicyclic) bond motifs is 10. The summed E-state index contributed by atoms with van der Waals surface area (Å²) < 4.78 is 7.97. The van der Waals surface area contributed by atoms with Gasteiger partial charge in [-0.05, 0) is 24.6 Å². The molecule has 4 heterocycles. The maximum atomic E-state index is 13.1. The van der Waals surface area contributed by atoms with Crippen molar-refractivity contribution < 1.29 is 24.9 Å². The van der Waals surface area contributed by atoms with Gasteiger partial charge in [0.05, 0.1) is 28.2 Å². The van der Waals surface area contributed by atoms with Gasteiger partial charge in [-0.1, -0.05) is 36.4 Å². The third-order valence-electron chi connectivity index (χ3n) is 7.44. The van der Waals surface area contributed by atoms with Crippen LogP contribution < -0.4 is 5.32 Å². The van der Waals surface area contributed by atoms with Gasteiger partial charge in [0, 0.05) is 33.6 Å². The van der Waals surface area contributed by atoms with E-state index in [2.05, 4.69) is 10.3 Å². The zero-order valence-corrected chi connectivity index (χ0v) is 18.3. The van der Waals surface area contributed by atoms with Crippen LogP contribution in [-0.2, 0) is 11.3 Å². The van der Waals surface area contributed by atoms with Crippen molar-refractivity contribution in [2.45, 2.75) is 44.1 Å². The molecule has 5 aromatic rings. The van der Waals surface area contributed by atoms with Crippen LogP contribution in [-0.4, -0.2) is 55.2 Å². The highest BCUT2D eigenvalue weighted by Gasteiger charge is 2.44. The van der Waals surface area contributed by atoms with E-state index in [1.807, 2.05) is 53.1 Å². The van der Waals surface area contributed by atoms with Gasteiger partial charge < -0.3 is 34.9 Å². The first kappa shape index (κ1) is 20.0. The van der Waals surface area contributed by atoms with Crippen LogP contribution >= 0.6 is 0 Å².